The minimum atomic E-state index is -3.67. The molecule has 6 nitrogen and oxygen atoms in total. The summed E-state index contributed by atoms with van der Waals surface area (Å²) in [5.74, 6) is 1.78. The minimum Gasteiger partial charge on any atom is -0.491 e. The Kier molecular flexibility index (Phi) is 4.28. The summed E-state index contributed by atoms with van der Waals surface area (Å²) in [6.45, 7) is 3.97. The van der Waals surface area contributed by atoms with Crippen molar-refractivity contribution in [2.75, 3.05) is 18.1 Å². The molecule has 0 N–H and O–H groups in total. The molecule has 24 heavy (non-hydrogen) atoms. The third-order valence-corrected chi connectivity index (χ3v) is 5.37. The van der Waals surface area contributed by atoms with E-state index in [4.69, 9.17) is 14.2 Å². The van der Waals surface area contributed by atoms with E-state index in [2.05, 4.69) is 0 Å². The summed E-state index contributed by atoms with van der Waals surface area (Å²) in [5.41, 5.74) is 0.502. The monoisotopic (exact) mass is 349 g/mol. The Balaban J connectivity index is 1.86. The van der Waals surface area contributed by atoms with Crippen LogP contribution < -0.4 is 18.5 Å². The van der Waals surface area contributed by atoms with Crippen LogP contribution in [0.25, 0.3) is 0 Å². The van der Waals surface area contributed by atoms with Crippen LogP contribution in [-0.4, -0.2) is 28.4 Å². The van der Waals surface area contributed by atoms with Gasteiger partial charge in [-0.25, -0.2) is 8.42 Å². The van der Waals surface area contributed by atoms with Crippen LogP contribution >= 0.6 is 0 Å². The van der Waals surface area contributed by atoms with Gasteiger partial charge in [0.1, 0.15) is 5.75 Å². The van der Waals surface area contributed by atoms with E-state index in [-0.39, 0.29) is 17.8 Å². The smallest absolute Gasteiger partial charge is 0.264 e. The number of anilines is 1. The second kappa shape index (κ2) is 6.24. The molecule has 0 amide bonds. The topological polar surface area (TPSA) is 65.1 Å². The van der Waals surface area contributed by atoms with Crippen LogP contribution in [0, 0.1) is 0 Å². The molecule has 0 fully saturated rings. The number of sulfonamides is 1. The Morgan fingerprint density at radius 1 is 1.04 bits per heavy atom. The number of ether oxygens (including phenoxy) is 3. The summed E-state index contributed by atoms with van der Waals surface area (Å²) in [4.78, 5) is 0.193. The van der Waals surface area contributed by atoms with Gasteiger partial charge in [-0.3, -0.25) is 4.31 Å². The second-order valence-electron chi connectivity index (χ2n) is 5.65. The predicted octanol–water partition coefficient (Wildman–Crippen LogP) is 3.03. The van der Waals surface area contributed by atoms with Gasteiger partial charge in [-0.05, 0) is 50.2 Å². The lowest BCUT2D eigenvalue weighted by Crippen LogP contribution is -2.26. The quantitative estimate of drug-likeness (QED) is 0.830. The summed E-state index contributed by atoms with van der Waals surface area (Å²) in [5, 5.41) is 0. The number of benzene rings is 2. The Bertz CT molecular complexity index is 831. The minimum absolute atomic E-state index is 0.0313. The van der Waals surface area contributed by atoms with Crippen LogP contribution in [0.3, 0.4) is 0 Å². The van der Waals surface area contributed by atoms with E-state index in [0.29, 0.717) is 22.9 Å². The van der Waals surface area contributed by atoms with Crippen molar-refractivity contribution in [1.82, 2.24) is 0 Å². The molecule has 0 aliphatic carbocycles. The molecule has 2 aromatic carbocycles. The summed E-state index contributed by atoms with van der Waals surface area (Å²) in [7, 11) is -2.17. The van der Waals surface area contributed by atoms with Crippen molar-refractivity contribution in [1.29, 1.82) is 0 Å². The molecule has 0 bridgehead atoms. The second-order valence-corrected chi connectivity index (χ2v) is 7.62. The van der Waals surface area contributed by atoms with Crippen molar-refractivity contribution in [3.63, 3.8) is 0 Å². The summed E-state index contributed by atoms with van der Waals surface area (Å²) >= 11 is 0. The van der Waals surface area contributed by atoms with Gasteiger partial charge in [-0.2, -0.15) is 0 Å². The highest BCUT2D eigenvalue weighted by Gasteiger charge is 2.23. The molecule has 7 heteroatoms. The van der Waals surface area contributed by atoms with Crippen LogP contribution in [0.15, 0.2) is 47.4 Å². The average molecular weight is 349 g/mol. The maximum absolute atomic E-state index is 12.8. The van der Waals surface area contributed by atoms with Gasteiger partial charge in [0.05, 0.1) is 16.7 Å². The first-order valence-corrected chi connectivity index (χ1v) is 8.97. The Morgan fingerprint density at radius 2 is 1.71 bits per heavy atom. The van der Waals surface area contributed by atoms with Gasteiger partial charge in [-0.15, -0.1) is 0 Å². The van der Waals surface area contributed by atoms with Crippen LogP contribution in [0.4, 0.5) is 5.69 Å². The fourth-order valence-corrected chi connectivity index (χ4v) is 3.53. The first kappa shape index (κ1) is 16.4. The molecule has 0 radical (unpaired) electrons. The van der Waals surface area contributed by atoms with Crippen molar-refractivity contribution in [3.8, 4) is 17.2 Å². The molecule has 0 saturated carbocycles. The number of hydrogen-bond acceptors (Lipinski definition) is 5. The van der Waals surface area contributed by atoms with Gasteiger partial charge in [0.15, 0.2) is 11.5 Å². The third-order valence-electron chi connectivity index (χ3n) is 3.57. The fourth-order valence-electron chi connectivity index (χ4n) is 2.34. The van der Waals surface area contributed by atoms with E-state index in [9.17, 15) is 8.42 Å². The van der Waals surface area contributed by atoms with Crippen molar-refractivity contribution in [2.45, 2.75) is 24.8 Å². The lowest BCUT2D eigenvalue weighted by Gasteiger charge is -2.20. The Morgan fingerprint density at radius 3 is 2.38 bits per heavy atom. The van der Waals surface area contributed by atoms with Gasteiger partial charge in [-0.1, -0.05) is 0 Å². The number of hydrogen-bond donors (Lipinski definition) is 0. The molecule has 0 aromatic heterocycles. The van der Waals surface area contributed by atoms with E-state index in [1.54, 1.807) is 30.3 Å². The van der Waals surface area contributed by atoms with E-state index < -0.39 is 10.0 Å². The largest absolute Gasteiger partial charge is 0.491 e. The number of fused-ring (bicyclic) bond motifs is 1. The number of rotatable bonds is 5. The summed E-state index contributed by atoms with van der Waals surface area (Å²) < 4.78 is 42.9. The SMILES string of the molecule is CC(C)Oc1ccc(S(=O)(=O)N(C)c2ccc3c(c2)OCO3)cc1. The molecule has 0 unspecified atom stereocenters. The van der Waals surface area contributed by atoms with E-state index in [1.807, 2.05) is 13.8 Å². The summed E-state index contributed by atoms with van der Waals surface area (Å²) in [6.07, 6.45) is 0.0313. The van der Waals surface area contributed by atoms with E-state index >= 15 is 0 Å². The van der Waals surface area contributed by atoms with Crippen molar-refractivity contribution in [3.05, 3.63) is 42.5 Å². The average Bonchev–Trinajstić information content (AvgIpc) is 3.01. The van der Waals surface area contributed by atoms with Crippen molar-refractivity contribution in [2.24, 2.45) is 0 Å². The third kappa shape index (κ3) is 3.12. The molecular weight excluding hydrogens is 330 g/mol. The van der Waals surface area contributed by atoms with Gasteiger partial charge in [0.25, 0.3) is 10.0 Å². The standard InChI is InChI=1S/C17H19NO5S/c1-12(2)23-14-5-7-15(8-6-14)24(19,20)18(3)13-4-9-16-17(10-13)22-11-21-16/h4-10,12H,11H2,1-3H3. The molecule has 0 spiro atoms. The molecular formula is C17H19NO5S. The van der Waals surface area contributed by atoms with Gasteiger partial charge < -0.3 is 14.2 Å². The Labute approximate surface area is 141 Å². The van der Waals surface area contributed by atoms with E-state index in [1.165, 1.54) is 23.5 Å². The highest BCUT2D eigenvalue weighted by molar-refractivity contribution is 7.92. The highest BCUT2D eigenvalue weighted by Crippen LogP contribution is 2.36. The van der Waals surface area contributed by atoms with Crippen LogP contribution in [0.5, 0.6) is 17.2 Å². The molecule has 3 rings (SSSR count). The molecule has 1 aliphatic heterocycles. The van der Waals surface area contributed by atoms with E-state index in [0.717, 1.165) is 0 Å². The van der Waals surface area contributed by atoms with Gasteiger partial charge in [0.2, 0.25) is 6.79 Å². The zero-order chi connectivity index (χ0) is 17.3. The van der Waals surface area contributed by atoms with Crippen molar-refractivity contribution >= 4 is 15.7 Å². The zero-order valence-electron chi connectivity index (χ0n) is 13.7. The maximum Gasteiger partial charge on any atom is 0.264 e. The van der Waals surface area contributed by atoms with Crippen molar-refractivity contribution < 1.29 is 22.6 Å². The predicted molar refractivity (Wildman–Crippen MR) is 90.4 cm³/mol. The van der Waals surface area contributed by atoms with Crippen LogP contribution in [0.1, 0.15) is 13.8 Å². The normalized spacial score (nSPS) is 13.2. The molecule has 0 saturated heterocycles. The lowest BCUT2D eigenvalue weighted by atomic mass is 10.3. The van der Waals surface area contributed by atoms with Gasteiger partial charge in [0, 0.05) is 13.1 Å². The molecule has 2 aromatic rings. The first-order chi connectivity index (χ1) is 11.4. The highest BCUT2D eigenvalue weighted by atomic mass is 32.2. The Hall–Kier alpha value is -2.41. The number of nitrogens with zero attached hydrogens (tertiary/aromatic N) is 1. The fraction of sp³-hybridized carbons (Fsp3) is 0.294. The summed E-state index contributed by atoms with van der Waals surface area (Å²) in [6, 6.07) is 11.4. The molecule has 1 aliphatic rings. The van der Waals surface area contributed by atoms with Crippen LogP contribution in [-0.2, 0) is 10.0 Å². The molecule has 0 atom stereocenters. The lowest BCUT2D eigenvalue weighted by molar-refractivity contribution is 0.174. The van der Waals surface area contributed by atoms with Gasteiger partial charge >= 0.3 is 0 Å². The van der Waals surface area contributed by atoms with Crippen LogP contribution in [0.2, 0.25) is 0 Å². The molecule has 1 heterocycles. The first-order valence-electron chi connectivity index (χ1n) is 7.53. The molecule has 128 valence electrons. The zero-order valence-corrected chi connectivity index (χ0v) is 14.5. The maximum atomic E-state index is 12.8.